The van der Waals surface area contributed by atoms with Gasteiger partial charge in [0, 0.05) is 38.1 Å². The quantitative estimate of drug-likeness (QED) is 0.439. The SMILES string of the molecule is CN(C)c1nc(N[C@H]2CC[C@@H](NCCOc3ccc(C(C)(C)C)cc3)CC2)nc2ccccc12. The fourth-order valence-electron chi connectivity index (χ4n) is 4.57. The van der Waals surface area contributed by atoms with Crippen LogP contribution in [0.5, 0.6) is 5.75 Å². The van der Waals surface area contributed by atoms with Gasteiger partial charge >= 0.3 is 0 Å². The van der Waals surface area contributed by atoms with E-state index in [1.807, 2.05) is 26.2 Å². The van der Waals surface area contributed by atoms with Gasteiger partial charge in [-0.25, -0.2) is 4.98 Å². The summed E-state index contributed by atoms with van der Waals surface area (Å²) < 4.78 is 5.94. The molecule has 182 valence electrons. The Morgan fingerprint density at radius 2 is 1.59 bits per heavy atom. The highest BCUT2D eigenvalue weighted by Gasteiger charge is 2.22. The highest BCUT2D eigenvalue weighted by molar-refractivity contribution is 5.90. The van der Waals surface area contributed by atoms with Crippen LogP contribution in [0.4, 0.5) is 11.8 Å². The fraction of sp³-hybridized carbons (Fsp3) is 0.500. The first kappa shape index (κ1) is 24.3. The molecule has 2 aromatic carbocycles. The largest absolute Gasteiger partial charge is 0.492 e. The van der Waals surface area contributed by atoms with Gasteiger partial charge in [0.15, 0.2) is 0 Å². The lowest BCUT2D eigenvalue weighted by Crippen LogP contribution is -2.38. The molecule has 1 heterocycles. The summed E-state index contributed by atoms with van der Waals surface area (Å²) in [5.74, 6) is 2.62. The van der Waals surface area contributed by atoms with Crippen molar-refractivity contribution in [3.05, 3.63) is 54.1 Å². The van der Waals surface area contributed by atoms with Gasteiger partial charge in [-0.05, 0) is 60.9 Å². The summed E-state index contributed by atoms with van der Waals surface area (Å²) in [5, 5.41) is 8.34. The van der Waals surface area contributed by atoms with Crippen LogP contribution in [0.3, 0.4) is 0 Å². The number of hydrogen-bond donors (Lipinski definition) is 2. The average Bonchev–Trinajstić information content (AvgIpc) is 2.82. The first-order valence-electron chi connectivity index (χ1n) is 12.5. The molecule has 1 saturated carbocycles. The highest BCUT2D eigenvalue weighted by Crippen LogP contribution is 2.27. The van der Waals surface area contributed by atoms with E-state index in [4.69, 9.17) is 14.7 Å². The molecule has 1 fully saturated rings. The monoisotopic (exact) mass is 461 g/mol. The summed E-state index contributed by atoms with van der Waals surface area (Å²) >= 11 is 0. The Bertz CT molecular complexity index is 1070. The molecular formula is C28H39N5O. The molecule has 1 aromatic heterocycles. The van der Waals surface area contributed by atoms with Crippen LogP contribution in [-0.4, -0.2) is 49.3 Å². The van der Waals surface area contributed by atoms with Gasteiger partial charge < -0.3 is 20.3 Å². The molecule has 0 spiro atoms. The van der Waals surface area contributed by atoms with Gasteiger partial charge in [0.25, 0.3) is 0 Å². The Hall–Kier alpha value is -2.86. The van der Waals surface area contributed by atoms with Crippen molar-refractivity contribution in [3.8, 4) is 5.75 Å². The van der Waals surface area contributed by atoms with E-state index in [0.29, 0.717) is 18.7 Å². The molecule has 0 radical (unpaired) electrons. The first-order valence-corrected chi connectivity index (χ1v) is 12.5. The van der Waals surface area contributed by atoms with E-state index in [1.165, 1.54) is 5.56 Å². The first-order chi connectivity index (χ1) is 16.3. The molecule has 1 aliphatic carbocycles. The molecule has 4 rings (SSSR count). The zero-order chi connectivity index (χ0) is 24.1. The third kappa shape index (κ3) is 6.17. The highest BCUT2D eigenvalue weighted by atomic mass is 16.5. The van der Waals surface area contributed by atoms with Crippen molar-refractivity contribution in [2.75, 3.05) is 37.5 Å². The number of anilines is 2. The lowest BCUT2D eigenvalue weighted by Gasteiger charge is -2.30. The van der Waals surface area contributed by atoms with Crippen molar-refractivity contribution in [1.82, 2.24) is 15.3 Å². The maximum absolute atomic E-state index is 5.94. The van der Waals surface area contributed by atoms with Gasteiger partial charge in [-0.3, -0.25) is 0 Å². The third-order valence-corrected chi connectivity index (χ3v) is 6.59. The Kier molecular flexibility index (Phi) is 7.57. The van der Waals surface area contributed by atoms with Gasteiger partial charge in [0.2, 0.25) is 5.95 Å². The second-order valence-corrected chi connectivity index (χ2v) is 10.6. The Labute approximate surface area is 204 Å². The van der Waals surface area contributed by atoms with Crippen molar-refractivity contribution in [1.29, 1.82) is 0 Å². The number of ether oxygens (including phenoxy) is 1. The smallest absolute Gasteiger partial charge is 0.225 e. The summed E-state index contributed by atoms with van der Waals surface area (Å²) in [7, 11) is 4.06. The summed E-state index contributed by atoms with van der Waals surface area (Å²) in [6.07, 6.45) is 4.51. The van der Waals surface area contributed by atoms with Crippen molar-refractivity contribution in [2.24, 2.45) is 0 Å². The molecule has 0 saturated heterocycles. The van der Waals surface area contributed by atoms with Crippen molar-refractivity contribution in [3.63, 3.8) is 0 Å². The Balaban J connectivity index is 1.21. The van der Waals surface area contributed by atoms with Crippen LogP contribution >= 0.6 is 0 Å². The summed E-state index contributed by atoms with van der Waals surface area (Å²) in [6, 6.07) is 17.6. The van der Waals surface area contributed by atoms with Crippen molar-refractivity contribution in [2.45, 2.75) is 64.0 Å². The van der Waals surface area contributed by atoms with Crippen LogP contribution in [0, 0.1) is 0 Å². The molecule has 1 aliphatic rings. The Morgan fingerprint density at radius 3 is 2.26 bits per heavy atom. The number of benzene rings is 2. The second-order valence-electron chi connectivity index (χ2n) is 10.6. The topological polar surface area (TPSA) is 62.3 Å². The molecule has 34 heavy (non-hydrogen) atoms. The minimum Gasteiger partial charge on any atom is -0.492 e. The summed E-state index contributed by atoms with van der Waals surface area (Å²) in [4.78, 5) is 11.6. The van der Waals surface area contributed by atoms with E-state index in [0.717, 1.165) is 60.6 Å². The predicted octanol–water partition coefficient (Wildman–Crippen LogP) is 5.39. The van der Waals surface area contributed by atoms with Crippen molar-refractivity contribution < 1.29 is 4.74 Å². The average molecular weight is 462 g/mol. The van der Waals surface area contributed by atoms with Crippen LogP contribution in [0.1, 0.15) is 52.0 Å². The molecule has 0 atom stereocenters. The third-order valence-electron chi connectivity index (χ3n) is 6.59. The van der Waals surface area contributed by atoms with E-state index >= 15 is 0 Å². The normalized spacial score (nSPS) is 18.6. The van der Waals surface area contributed by atoms with Crippen LogP contribution in [-0.2, 0) is 5.41 Å². The van der Waals surface area contributed by atoms with Crippen molar-refractivity contribution >= 4 is 22.7 Å². The zero-order valence-corrected chi connectivity index (χ0v) is 21.3. The van der Waals surface area contributed by atoms with E-state index in [2.05, 4.69) is 72.7 Å². The molecular weight excluding hydrogens is 422 g/mol. The van der Waals surface area contributed by atoms with E-state index in [1.54, 1.807) is 0 Å². The number of aromatic nitrogens is 2. The molecule has 6 heteroatoms. The summed E-state index contributed by atoms with van der Waals surface area (Å²) in [5.41, 5.74) is 2.48. The standard InChI is InChI=1S/C28H39N5O/c1-28(2,3)20-10-16-23(17-11-20)34-19-18-29-21-12-14-22(15-13-21)30-27-31-25-9-7-6-8-24(25)26(32-27)33(4)5/h6-11,16-17,21-22,29H,12-15,18-19H2,1-5H3,(H,30,31,32)/t21-,22+. The van der Waals surface area contributed by atoms with Crippen LogP contribution in [0.2, 0.25) is 0 Å². The summed E-state index contributed by atoms with van der Waals surface area (Å²) in [6.45, 7) is 8.24. The maximum Gasteiger partial charge on any atom is 0.225 e. The number of fused-ring (bicyclic) bond motifs is 1. The van der Waals surface area contributed by atoms with E-state index in [9.17, 15) is 0 Å². The van der Waals surface area contributed by atoms with Crippen LogP contribution in [0.25, 0.3) is 10.9 Å². The van der Waals surface area contributed by atoms with Gasteiger partial charge in [-0.15, -0.1) is 0 Å². The molecule has 0 bridgehead atoms. The fourth-order valence-corrected chi connectivity index (χ4v) is 4.57. The molecule has 6 nitrogen and oxygen atoms in total. The minimum atomic E-state index is 0.169. The van der Waals surface area contributed by atoms with Gasteiger partial charge in [-0.1, -0.05) is 45.0 Å². The molecule has 0 amide bonds. The van der Waals surface area contributed by atoms with E-state index in [-0.39, 0.29) is 5.41 Å². The van der Waals surface area contributed by atoms with E-state index < -0.39 is 0 Å². The molecule has 2 N–H and O–H groups in total. The van der Waals surface area contributed by atoms with Gasteiger partial charge in [-0.2, -0.15) is 4.98 Å². The lowest BCUT2D eigenvalue weighted by molar-refractivity contribution is 0.285. The zero-order valence-electron chi connectivity index (χ0n) is 21.3. The number of nitrogens with zero attached hydrogens (tertiary/aromatic N) is 3. The minimum absolute atomic E-state index is 0.169. The molecule has 0 aliphatic heterocycles. The molecule has 0 unspecified atom stereocenters. The second kappa shape index (κ2) is 10.6. The van der Waals surface area contributed by atoms with Gasteiger partial charge in [0.05, 0.1) is 5.52 Å². The Morgan fingerprint density at radius 1 is 0.912 bits per heavy atom. The van der Waals surface area contributed by atoms with Gasteiger partial charge in [0.1, 0.15) is 18.2 Å². The lowest BCUT2D eigenvalue weighted by atomic mass is 9.87. The predicted molar refractivity (Wildman–Crippen MR) is 142 cm³/mol. The van der Waals surface area contributed by atoms with Crippen LogP contribution < -0.4 is 20.3 Å². The number of rotatable bonds is 8. The molecule has 3 aromatic rings. The maximum atomic E-state index is 5.94. The van der Waals surface area contributed by atoms with Crippen LogP contribution in [0.15, 0.2) is 48.5 Å². The number of nitrogens with one attached hydrogen (secondary N) is 2. The number of para-hydroxylation sites is 1. The number of hydrogen-bond acceptors (Lipinski definition) is 6.